The topological polar surface area (TPSA) is 59.7 Å². The maximum atomic E-state index is 13.4. The standard InChI is InChI=1S/C28H26N4O2S/c1-19-10-11-26-29-21(17-32(26)16-19)18-34-24-8-4-2-6-22(24)28(33)31-14-12-20(13-15-31)27-30-23-7-3-5-9-25(23)35-27/h2-11,16-17,20H,12-15,18H2,1H3. The number of carbonyl (C=O) groups is 1. The van der Waals surface area contributed by atoms with Crippen LogP contribution in [0.15, 0.2) is 73.1 Å². The number of nitrogens with zero attached hydrogens (tertiary/aromatic N) is 4. The molecule has 0 N–H and O–H groups in total. The number of imidazole rings is 1. The highest BCUT2D eigenvalue weighted by atomic mass is 32.1. The fourth-order valence-corrected chi connectivity index (χ4v) is 5.85. The molecule has 0 aliphatic carbocycles. The average molecular weight is 483 g/mol. The summed E-state index contributed by atoms with van der Waals surface area (Å²) in [5, 5.41) is 1.18. The van der Waals surface area contributed by atoms with Crippen LogP contribution in [0, 0.1) is 6.92 Å². The molecule has 1 saturated heterocycles. The van der Waals surface area contributed by atoms with Crippen LogP contribution in [-0.2, 0) is 6.61 Å². The number of likely N-dealkylation sites (tertiary alicyclic amines) is 1. The minimum absolute atomic E-state index is 0.0222. The largest absolute Gasteiger partial charge is 0.486 e. The Morgan fingerprint density at radius 1 is 1.00 bits per heavy atom. The molecule has 0 unspecified atom stereocenters. The molecule has 1 aliphatic rings. The van der Waals surface area contributed by atoms with Gasteiger partial charge in [-0.3, -0.25) is 4.79 Å². The van der Waals surface area contributed by atoms with Gasteiger partial charge in [-0.25, -0.2) is 9.97 Å². The molecule has 6 nitrogen and oxygen atoms in total. The van der Waals surface area contributed by atoms with Crippen molar-refractivity contribution < 1.29 is 9.53 Å². The van der Waals surface area contributed by atoms with Crippen molar-refractivity contribution >= 4 is 33.1 Å². The highest BCUT2D eigenvalue weighted by Gasteiger charge is 2.28. The quantitative estimate of drug-likeness (QED) is 0.315. The first-order valence-electron chi connectivity index (χ1n) is 11.9. The Morgan fingerprint density at radius 3 is 2.66 bits per heavy atom. The van der Waals surface area contributed by atoms with Gasteiger partial charge in [0.15, 0.2) is 0 Å². The normalized spacial score (nSPS) is 14.6. The van der Waals surface area contributed by atoms with Gasteiger partial charge in [-0.15, -0.1) is 11.3 Å². The van der Waals surface area contributed by atoms with E-state index in [1.54, 1.807) is 11.3 Å². The van der Waals surface area contributed by atoms with E-state index < -0.39 is 0 Å². The van der Waals surface area contributed by atoms with Crippen LogP contribution in [0.5, 0.6) is 5.75 Å². The van der Waals surface area contributed by atoms with Crippen molar-refractivity contribution in [1.82, 2.24) is 19.3 Å². The fourth-order valence-electron chi connectivity index (χ4n) is 4.71. The van der Waals surface area contributed by atoms with Crippen molar-refractivity contribution in [2.24, 2.45) is 0 Å². The smallest absolute Gasteiger partial charge is 0.257 e. The lowest BCUT2D eigenvalue weighted by Gasteiger charge is -2.31. The molecule has 6 rings (SSSR count). The summed E-state index contributed by atoms with van der Waals surface area (Å²) >= 11 is 1.78. The lowest BCUT2D eigenvalue weighted by Crippen LogP contribution is -2.38. The van der Waals surface area contributed by atoms with Crippen LogP contribution in [0.3, 0.4) is 0 Å². The van der Waals surface area contributed by atoms with Crippen LogP contribution in [-0.4, -0.2) is 38.3 Å². The first kappa shape index (κ1) is 21.8. The number of hydrogen-bond donors (Lipinski definition) is 0. The van der Waals surface area contributed by atoms with E-state index in [1.165, 1.54) is 15.3 Å². The second kappa shape index (κ2) is 9.15. The van der Waals surface area contributed by atoms with Gasteiger partial charge in [0.25, 0.3) is 5.91 Å². The molecule has 1 fully saturated rings. The number of benzene rings is 2. The van der Waals surface area contributed by atoms with Gasteiger partial charge in [-0.1, -0.05) is 30.3 Å². The predicted molar refractivity (Wildman–Crippen MR) is 138 cm³/mol. The van der Waals surface area contributed by atoms with Gasteiger partial charge in [0, 0.05) is 31.4 Å². The van der Waals surface area contributed by atoms with Crippen LogP contribution < -0.4 is 4.74 Å². The maximum absolute atomic E-state index is 13.4. The summed E-state index contributed by atoms with van der Waals surface area (Å²) in [7, 11) is 0. The van der Waals surface area contributed by atoms with Gasteiger partial charge in [-0.05, 0) is 55.7 Å². The summed E-state index contributed by atoms with van der Waals surface area (Å²) in [6.45, 7) is 3.81. The number of amides is 1. The van der Waals surface area contributed by atoms with Gasteiger partial charge >= 0.3 is 0 Å². The number of pyridine rings is 1. The number of hydrogen-bond acceptors (Lipinski definition) is 5. The first-order chi connectivity index (χ1) is 17.1. The first-order valence-corrected chi connectivity index (χ1v) is 12.8. The van der Waals surface area contributed by atoms with Crippen molar-refractivity contribution in [2.75, 3.05) is 13.1 Å². The minimum Gasteiger partial charge on any atom is -0.486 e. The molecule has 5 aromatic rings. The number of carbonyl (C=O) groups excluding carboxylic acids is 1. The summed E-state index contributed by atoms with van der Waals surface area (Å²) in [4.78, 5) is 24.8. The summed E-state index contributed by atoms with van der Waals surface area (Å²) in [5.41, 5.74) is 4.55. The van der Waals surface area contributed by atoms with Gasteiger partial charge in [0.2, 0.25) is 0 Å². The van der Waals surface area contributed by atoms with E-state index in [0.29, 0.717) is 23.8 Å². The van der Waals surface area contributed by atoms with Crippen LogP contribution in [0.2, 0.25) is 0 Å². The highest BCUT2D eigenvalue weighted by Crippen LogP contribution is 2.34. The number of rotatable bonds is 5. The number of aryl methyl sites for hydroxylation is 1. The molecule has 4 heterocycles. The third-order valence-corrected chi connectivity index (χ3v) is 7.78. The van der Waals surface area contributed by atoms with Crippen molar-refractivity contribution in [3.05, 3.63) is 94.9 Å². The number of piperidine rings is 1. The van der Waals surface area contributed by atoms with Gasteiger partial charge in [0.05, 0.1) is 26.5 Å². The number of ether oxygens (including phenoxy) is 1. The summed E-state index contributed by atoms with van der Waals surface area (Å²) < 4.78 is 9.32. The van der Waals surface area contributed by atoms with E-state index in [1.807, 2.05) is 64.2 Å². The molecule has 35 heavy (non-hydrogen) atoms. The molecule has 2 aromatic carbocycles. The van der Waals surface area contributed by atoms with E-state index in [2.05, 4.69) is 30.1 Å². The third kappa shape index (κ3) is 4.39. The van der Waals surface area contributed by atoms with Gasteiger partial charge in [-0.2, -0.15) is 0 Å². The fraction of sp³-hybridized carbons (Fsp3) is 0.250. The Balaban J connectivity index is 1.13. The SMILES string of the molecule is Cc1ccc2nc(COc3ccccc3C(=O)N3CCC(c4nc5ccccc5s4)CC3)cn2c1. The zero-order valence-corrected chi connectivity index (χ0v) is 20.4. The Kier molecular flexibility index (Phi) is 5.70. The molecule has 1 amide bonds. The molecule has 0 bridgehead atoms. The summed E-state index contributed by atoms with van der Waals surface area (Å²) in [6, 6.07) is 19.8. The van der Waals surface area contributed by atoms with Crippen LogP contribution in [0.1, 0.15) is 45.4 Å². The van der Waals surface area contributed by atoms with Crippen LogP contribution >= 0.6 is 11.3 Å². The lowest BCUT2D eigenvalue weighted by molar-refractivity contribution is 0.0708. The second-order valence-electron chi connectivity index (χ2n) is 9.08. The Morgan fingerprint density at radius 2 is 1.80 bits per heavy atom. The minimum atomic E-state index is 0.0222. The van der Waals surface area contributed by atoms with Crippen LogP contribution in [0.4, 0.5) is 0 Å². The van der Waals surface area contributed by atoms with Crippen molar-refractivity contribution in [1.29, 1.82) is 0 Å². The molecular weight excluding hydrogens is 456 g/mol. The summed E-state index contributed by atoms with van der Waals surface area (Å²) in [5.74, 6) is 1.02. The third-order valence-electron chi connectivity index (χ3n) is 6.58. The maximum Gasteiger partial charge on any atom is 0.257 e. The van der Waals surface area contributed by atoms with E-state index in [4.69, 9.17) is 9.72 Å². The Bertz CT molecular complexity index is 1480. The summed E-state index contributed by atoms with van der Waals surface area (Å²) in [6.07, 6.45) is 5.87. The Hall–Kier alpha value is -3.71. The molecule has 0 spiro atoms. The lowest BCUT2D eigenvalue weighted by atomic mass is 9.97. The van der Waals surface area contributed by atoms with Crippen molar-refractivity contribution in [3.63, 3.8) is 0 Å². The number of para-hydroxylation sites is 2. The van der Waals surface area contributed by atoms with Gasteiger partial charge < -0.3 is 14.0 Å². The number of thiazole rings is 1. The van der Waals surface area contributed by atoms with E-state index in [0.717, 1.165) is 42.8 Å². The monoisotopic (exact) mass is 482 g/mol. The molecular formula is C28H26N4O2S. The molecule has 7 heteroatoms. The van der Waals surface area contributed by atoms with Crippen molar-refractivity contribution in [2.45, 2.75) is 32.3 Å². The second-order valence-corrected chi connectivity index (χ2v) is 10.1. The molecule has 1 aliphatic heterocycles. The zero-order valence-electron chi connectivity index (χ0n) is 19.6. The number of fused-ring (bicyclic) bond motifs is 2. The van der Waals surface area contributed by atoms with E-state index >= 15 is 0 Å². The molecule has 3 aromatic heterocycles. The van der Waals surface area contributed by atoms with Gasteiger partial charge in [0.1, 0.15) is 18.0 Å². The van der Waals surface area contributed by atoms with E-state index in [-0.39, 0.29) is 5.91 Å². The van der Waals surface area contributed by atoms with Crippen molar-refractivity contribution in [3.8, 4) is 5.75 Å². The van der Waals surface area contributed by atoms with E-state index in [9.17, 15) is 4.79 Å². The highest BCUT2D eigenvalue weighted by molar-refractivity contribution is 7.18. The molecule has 176 valence electrons. The molecule has 0 saturated carbocycles. The molecule has 0 atom stereocenters. The zero-order chi connectivity index (χ0) is 23.8. The average Bonchev–Trinajstić information content (AvgIpc) is 3.51. The molecule has 0 radical (unpaired) electrons. The Labute approximate surface area is 207 Å². The predicted octanol–water partition coefficient (Wildman–Crippen LogP) is 5.85. The number of aromatic nitrogens is 3. The van der Waals surface area contributed by atoms with Crippen LogP contribution in [0.25, 0.3) is 15.9 Å².